The van der Waals surface area contributed by atoms with Gasteiger partial charge in [0.05, 0.1) is 17.9 Å². The number of halogens is 2. The third kappa shape index (κ3) is 4.46. The summed E-state index contributed by atoms with van der Waals surface area (Å²) in [5.41, 5.74) is 0.00525. The fraction of sp³-hybridized carbons (Fsp3) is 0.611. The average Bonchev–Trinajstić information content (AvgIpc) is 2.97. The number of urea groups is 1. The smallest absolute Gasteiger partial charge is 0.322 e. The molecule has 1 aromatic rings. The highest BCUT2D eigenvalue weighted by Gasteiger charge is 2.32. The number of anilines is 1. The van der Waals surface area contributed by atoms with E-state index in [2.05, 4.69) is 24.1 Å². The van der Waals surface area contributed by atoms with Gasteiger partial charge in [-0.1, -0.05) is 0 Å². The molecule has 2 aliphatic rings. The van der Waals surface area contributed by atoms with E-state index in [4.69, 9.17) is 4.74 Å². The molecule has 0 aliphatic carbocycles. The summed E-state index contributed by atoms with van der Waals surface area (Å²) >= 11 is 0. The normalized spacial score (nSPS) is 27.5. The Balaban J connectivity index is 1.61. The number of benzene rings is 1. The van der Waals surface area contributed by atoms with Crippen molar-refractivity contribution in [3.8, 4) is 0 Å². The highest BCUT2D eigenvalue weighted by molar-refractivity contribution is 5.89. The van der Waals surface area contributed by atoms with Crippen LogP contribution in [0.4, 0.5) is 19.3 Å². The van der Waals surface area contributed by atoms with Gasteiger partial charge in [-0.15, -0.1) is 0 Å². The zero-order valence-corrected chi connectivity index (χ0v) is 14.7. The van der Waals surface area contributed by atoms with Gasteiger partial charge in [-0.3, -0.25) is 4.90 Å². The van der Waals surface area contributed by atoms with Gasteiger partial charge in [0.2, 0.25) is 0 Å². The van der Waals surface area contributed by atoms with Crippen molar-refractivity contribution < 1.29 is 18.3 Å². The number of carbonyl (C=O) groups is 1. The number of nitrogens with one attached hydrogen (secondary N) is 1. The molecule has 0 bridgehead atoms. The van der Waals surface area contributed by atoms with Gasteiger partial charge in [0, 0.05) is 38.3 Å². The number of carbonyl (C=O) groups excluding carboxylic acids is 1. The molecule has 2 saturated heterocycles. The van der Waals surface area contributed by atoms with Crippen molar-refractivity contribution in [1.82, 2.24) is 9.80 Å². The minimum absolute atomic E-state index is 0.00525. The van der Waals surface area contributed by atoms with Gasteiger partial charge in [-0.2, -0.15) is 0 Å². The molecular formula is C18H25F2N3O2. The highest BCUT2D eigenvalue weighted by Crippen LogP contribution is 2.23. The van der Waals surface area contributed by atoms with Crippen LogP contribution in [0, 0.1) is 11.6 Å². The lowest BCUT2D eigenvalue weighted by Crippen LogP contribution is -2.51. The predicted octanol–water partition coefficient (Wildman–Crippen LogP) is 3.07. The highest BCUT2D eigenvalue weighted by atomic mass is 19.1. The second-order valence-electron chi connectivity index (χ2n) is 7.02. The fourth-order valence-electron chi connectivity index (χ4n) is 3.80. The predicted molar refractivity (Wildman–Crippen MR) is 91.6 cm³/mol. The van der Waals surface area contributed by atoms with Crippen molar-refractivity contribution in [2.75, 3.05) is 31.5 Å². The number of amides is 2. The van der Waals surface area contributed by atoms with Gasteiger partial charge in [0.25, 0.3) is 0 Å². The van der Waals surface area contributed by atoms with E-state index < -0.39 is 11.6 Å². The third-order valence-electron chi connectivity index (χ3n) is 4.77. The van der Waals surface area contributed by atoms with Crippen LogP contribution in [0.3, 0.4) is 0 Å². The lowest BCUT2D eigenvalue weighted by Gasteiger charge is -2.38. The molecule has 5 nitrogen and oxygen atoms in total. The topological polar surface area (TPSA) is 44.8 Å². The number of likely N-dealkylation sites (tertiary alicyclic amines) is 1. The Labute approximate surface area is 146 Å². The second-order valence-corrected chi connectivity index (χ2v) is 7.02. The number of rotatable bonds is 3. The van der Waals surface area contributed by atoms with Gasteiger partial charge in [-0.25, -0.2) is 13.6 Å². The van der Waals surface area contributed by atoms with Crippen LogP contribution in [0.1, 0.15) is 26.7 Å². The Kier molecular flexibility index (Phi) is 5.54. The summed E-state index contributed by atoms with van der Waals surface area (Å²) in [6, 6.07) is 2.92. The molecule has 0 radical (unpaired) electrons. The van der Waals surface area contributed by atoms with Crippen molar-refractivity contribution in [3.63, 3.8) is 0 Å². The quantitative estimate of drug-likeness (QED) is 0.908. The molecule has 1 N–H and O–H groups in total. The van der Waals surface area contributed by atoms with Crippen molar-refractivity contribution in [2.24, 2.45) is 0 Å². The molecule has 1 aromatic carbocycles. The number of hydrogen-bond donors (Lipinski definition) is 1. The van der Waals surface area contributed by atoms with Crippen molar-refractivity contribution in [2.45, 2.75) is 44.9 Å². The summed E-state index contributed by atoms with van der Waals surface area (Å²) < 4.78 is 32.5. The van der Waals surface area contributed by atoms with Gasteiger partial charge < -0.3 is 15.0 Å². The maximum absolute atomic E-state index is 13.8. The monoisotopic (exact) mass is 353 g/mol. The standard InChI is InChI=1S/C18H25F2N3O2/c1-12-9-22(10-13(2)25-12)11-15-4-3-7-23(15)18(24)21-17-6-5-14(19)8-16(17)20/h5-6,8,12-13,15H,3-4,7,9-11H2,1-2H3,(H,21,24)/t12-,13-,15-/m0/s1. The molecule has 3 rings (SSSR count). The lowest BCUT2D eigenvalue weighted by molar-refractivity contribution is -0.0712. The molecule has 0 aromatic heterocycles. The number of ether oxygens (including phenoxy) is 1. The Hall–Kier alpha value is -1.73. The van der Waals surface area contributed by atoms with Gasteiger partial charge >= 0.3 is 6.03 Å². The van der Waals surface area contributed by atoms with E-state index in [0.717, 1.165) is 44.6 Å². The molecule has 2 fully saturated rings. The van der Waals surface area contributed by atoms with E-state index in [1.54, 1.807) is 4.90 Å². The van der Waals surface area contributed by atoms with Crippen LogP contribution in [0.5, 0.6) is 0 Å². The van der Waals surface area contributed by atoms with Crippen LogP contribution in [-0.2, 0) is 4.74 Å². The van der Waals surface area contributed by atoms with E-state index in [1.807, 2.05) is 0 Å². The van der Waals surface area contributed by atoms with Crippen LogP contribution < -0.4 is 5.32 Å². The summed E-state index contributed by atoms with van der Waals surface area (Å²) in [6.07, 6.45) is 2.22. The zero-order valence-electron chi connectivity index (χ0n) is 14.7. The van der Waals surface area contributed by atoms with Crippen molar-refractivity contribution >= 4 is 11.7 Å². The third-order valence-corrected chi connectivity index (χ3v) is 4.77. The molecule has 138 valence electrons. The molecule has 7 heteroatoms. The summed E-state index contributed by atoms with van der Waals surface area (Å²) in [5.74, 6) is -1.43. The largest absolute Gasteiger partial charge is 0.373 e. The lowest BCUT2D eigenvalue weighted by atomic mass is 10.1. The van der Waals surface area contributed by atoms with E-state index in [1.165, 1.54) is 6.07 Å². The molecule has 2 aliphatic heterocycles. The molecule has 25 heavy (non-hydrogen) atoms. The van der Waals surface area contributed by atoms with E-state index in [9.17, 15) is 13.6 Å². The van der Waals surface area contributed by atoms with Crippen LogP contribution in [0.25, 0.3) is 0 Å². The summed E-state index contributed by atoms with van der Waals surface area (Å²) in [5, 5.41) is 2.57. The first-order valence-electron chi connectivity index (χ1n) is 8.83. The second kappa shape index (κ2) is 7.66. The number of hydrogen-bond acceptors (Lipinski definition) is 3. The maximum atomic E-state index is 13.8. The SMILES string of the molecule is C[C@H]1CN(C[C@@H]2CCCN2C(=O)Nc2ccc(F)cc2F)C[C@H](C)O1. The molecule has 0 spiro atoms. The van der Waals surface area contributed by atoms with Gasteiger partial charge in [-0.05, 0) is 38.8 Å². The first kappa shape index (κ1) is 18.1. The van der Waals surface area contributed by atoms with Gasteiger partial charge in [0.1, 0.15) is 11.6 Å². The number of nitrogens with zero attached hydrogens (tertiary/aromatic N) is 2. The van der Waals surface area contributed by atoms with Gasteiger partial charge in [0.15, 0.2) is 0 Å². The van der Waals surface area contributed by atoms with Crippen LogP contribution in [0.15, 0.2) is 18.2 Å². The molecule has 0 saturated carbocycles. The number of morpholine rings is 1. The van der Waals surface area contributed by atoms with E-state index >= 15 is 0 Å². The maximum Gasteiger partial charge on any atom is 0.322 e. The first-order chi connectivity index (χ1) is 11.9. The molecule has 2 amide bonds. The summed E-state index contributed by atoms with van der Waals surface area (Å²) in [7, 11) is 0. The average molecular weight is 353 g/mol. The summed E-state index contributed by atoms with van der Waals surface area (Å²) in [6.45, 7) is 7.25. The molecule has 2 heterocycles. The fourth-order valence-corrected chi connectivity index (χ4v) is 3.80. The Bertz CT molecular complexity index is 618. The molecule has 0 unspecified atom stereocenters. The minimum atomic E-state index is -0.764. The Morgan fingerprint density at radius 2 is 2.00 bits per heavy atom. The molecule has 3 atom stereocenters. The van der Waals surface area contributed by atoms with E-state index in [-0.39, 0.29) is 30.0 Å². The Morgan fingerprint density at radius 1 is 1.28 bits per heavy atom. The Morgan fingerprint density at radius 3 is 2.68 bits per heavy atom. The minimum Gasteiger partial charge on any atom is -0.373 e. The first-order valence-corrected chi connectivity index (χ1v) is 8.83. The molecular weight excluding hydrogens is 328 g/mol. The van der Waals surface area contributed by atoms with Crippen LogP contribution in [-0.4, -0.2) is 60.3 Å². The summed E-state index contributed by atoms with van der Waals surface area (Å²) in [4.78, 5) is 16.6. The van der Waals surface area contributed by atoms with Crippen LogP contribution >= 0.6 is 0 Å². The van der Waals surface area contributed by atoms with E-state index in [0.29, 0.717) is 6.54 Å². The van der Waals surface area contributed by atoms with Crippen molar-refractivity contribution in [1.29, 1.82) is 0 Å². The van der Waals surface area contributed by atoms with Crippen molar-refractivity contribution in [3.05, 3.63) is 29.8 Å². The van der Waals surface area contributed by atoms with Crippen LogP contribution in [0.2, 0.25) is 0 Å². The zero-order chi connectivity index (χ0) is 18.0.